The first kappa shape index (κ1) is 9.59. The molecule has 0 aromatic heterocycles. The molecule has 0 spiro atoms. The van der Waals surface area contributed by atoms with E-state index in [0.29, 0.717) is 0 Å². The largest absolute Gasteiger partial charge is 0.387 e. The highest BCUT2D eigenvalue weighted by molar-refractivity contribution is 5.70. The average molecular weight is 173 g/mol. The van der Waals surface area contributed by atoms with E-state index in [1.54, 1.807) is 6.08 Å². The maximum absolute atomic E-state index is 3.65. The summed E-state index contributed by atoms with van der Waals surface area (Å²) in [7, 11) is 1.94. The first-order valence-corrected chi connectivity index (χ1v) is 4.36. The molecule has 0 radical (unpaired) electrons. The summed E-state index contributed by atoms with van der Waals surface area (Å²) in [5.41, 5.74) is 3.64. The molecule has 0 aliphatic carbocycles. The number of aryl methyl sites for hydroxylation is 1. The summed E-state index contributed by atoms with van der Waals surface area (Å²) < 4.78 is 0. The second-order valence-corrected chi connectivity index (χ2v) is 2.88. The number of allylic oxidation sites excluding steroid dienone is 2. The zero-order chi connectivity index (χ0) is 9.68. The highest BCUT2D eigenvalue weighted by Gasteiger charge is 1.98. The molecular weight excluding hydrogens is 158 g/mol. The van der Waals surface area contributed by atoms with Crippen molar-refractivity contribution in [3.05, 3.63) is 48.1 Å². The first-order valence-electron chi connectivity index (χ1n) is 4.36. The van der Waals surface area contributed by atoms with Gasteiger partial charge >= 0.3 is 0 Å². The van der Waals surface area contributed by atoms with Crippen LogP contribution in [0.5, 0.6) is 0 Å². The molecular formula is C12H15N. The molecule has 1 rings (SSSR count). The van der Waals surface area contributed by atoms with Gasteiger partial charge in [0.05, 0.1) is 0 Å². The van der Waals surface area contributed by atoms with E-state index < -0.39 is 0 Å². The molecule has 13 heavy (non-hydrogen) atoms. The average Bonchev–Trinajstić information content (AvgIpc) is 2.15. The molecule has 1 N–H and O–H groups in total. The van der Waals surface area contributed by atoms with Crippen LogP contribution < -0.4 is 5.32 Å². The minimum atomic E-state index is 1.18. The number of para-hydroxylation sites is 1. The fraction of sp³-hybridized carbons (Fsp3) is 0.167. The molecule has 1 aromatic carbocycles. The van der Waals surface area contributed by atoms with Gasteiger partial charge in [0.15, 0.2) is 0 Å². The molecule has 1 heteroatoms. The van der Waals surface area contributed by atoms with Crippen LogP contribution in [0.3, 0.4) is 0 Å². The molecule has 0 amide bonds. The Hall–Kier alpha value is -1.50. The number of anilines is 1. The first-order chi connectivity index (χ1) is 6.29. The van der Waals surface area contributed by atoms with Crippen LogP contribution in [0, 0.1) is 6.92 Å². The lowest BCUT2D eigenvalue weighted by molar-refractivity contribution is 1.39. The van der Waals surface area contributed by atoms with Crippen LogP contribution in [-0.4, -0.2) is 7.05 Å². The zero-order valence-electron chi connectivity index (χ0n) is 8.17. The van der Waals surface area contributed by atoms with Crippen LogP contribution in [0.2, 0.25) is 0 Å². The van der Waals surface area contributed by atoms with E-state index >= 15 is 0 Å². The molecule has 0 aliphatic rings. The van der Waals surface area contributed by atoms with E-state index in [9.17, 15) is 0 Å². The molecule has 0 fully saturated rings. The van der Waals surface area contributed by atoms with E-state index in [-0.39, 0.29) is 0 Å². The third kappa shape index (κ3) is 2.22. The zero-order valence-corrected chi connectivity index (χ0v) is 8.17. The standard InChI is InChI=1S/C12H15N/c1-4-5-8-11-9-6-7-10(2)12(11)13-3/h4-9,13H,1H2,2-3H3/b8-5-. The van der Waals surface area contributed by atoms with Gasteiger partial charge in [0.2, 0.25) is 0 Å². The Morgan fingerprint density at radius 1 is 1.38 bits per heavy atom. The van der Waals surface area contributed by atoms with Gasteiger partial charge < -0.3 is 5.32 Å². The van der Waals surface area contributed by atoms with Crippen molar-refractivity contribution in [3.8, 4) is 0 Å². The number of rotatable bonds is 3. The quantitative estimate of drug-likeness (QED) is 0.692. The van der Waals surface area contributed by atoms with Crippen LogP contribution >= 0.6 is 0 Å². The van der Waals surface area contributed by atoms with Crippen molar-refractivity contribution in [3.63, 3.8) is 0 Å². The molecule has 0 unspecified atom stereocenters. The Balaban J connectivity index is 3.12. The van der Waals surface area contributed by atoms with E-state index in [2.05, 4.69) is 37.0 Å². The Morgan fingerprint density at radius 2 is 2.15 bits per heavy atom. The van der Waals surface area contributed by atoms with E-state index in [1.165, 1.54) is 16.8 Å². The maximum Gasteiger partial charge on any atom is 0.0440 e. The van der Waals surface area contributed by atoms with Crippen molar-refractivity contribution in [2.75, 3.05) is 12.4 Å². The van der Waals surface area contributed by atoms with Crippen LogP contribution in [0.25, 0.3) is 6.08 Å². The lowest BCUT2D eigenvalue weighted by Crippen LogP contribution is -1.94. The van der Waals surface area contributed by atoms with Crippen LogP contribution in [0.4, 0.5) is 5.69 Å². The monoisotopic (exact) mass is 173 g/mol. The number of benzene rings is 1. The molecule has 0 saturated carbocycles. The third-order valence-corrected chi connectivity index (χ3v) is 1.97. The molecule has 0 atom stereocenters. The lowest BCUT2D eigenvalue weighted by Gasteiger charge is -2.08. The van der Waals surface area contributed by atoms with Gasteiger partial charge in [-0.05, 0) is 18.1 Å². The normalized spacial score (nSPS) is 10.3. The highest BCUT2D eigenvalue weighted by Crippen LogP contribution is 2.20. The summed E-state index contributed by atoms with van der Waals surface area (Å²) in [6.45, 7) is 5.74. The Bertz CT molecular complexity index is 324. The van der Waals surface area contributed by atoms with Crippen molar-refractivity contribution in [1.82, 2.24) is 0 Å². The van der Waals surface area contributed by atoms with Gasteiger partial charge in [-0.25, -0.2) is 0 Å². The number of hydrogen-bond donors (Lipinski definition) is 1. The van der Waals surface area contributed by atoms with Gasteiger partial charge in [0.1, 0.15) is 0 Å². The fourth-order valence-corrected chi connectivity index (χ4v) is 1.34. The summed E-state index contributed by atoms with van der Waals surface area (Å²) >= 11 is 0. The fourth-order valence-electron chi connectivity index (χ4n) is 1.34. The summed E-state index contributed by atoms with van der Waals surface area (Å²) in [5, 5.41) is 3.19. The summed E-state index contributed by atoms with van der Waals surface area (Å²) in [6, 6.07) is 6.23. The predicted molar refractivity (Wildman–Crippen MR) is 60.0 cm³/mol. The molecule has 0 bridgehead atoms. The summed E-state index contributed by atoms with van der Waals surface area (Å²) in [5.74, 6) is 0. The van der Waals surface area contributed by atoms with Gasteiger partial charge in [-0.3, -0.25) is 0 Å². The Morgan fingerprint density at radius 3 is 2.77 bits per heavy atom. The summed E-state index contributed by atoms with van der Waals surface area (Å²) in [6.07, 6.45) is 5.77. The summed E-state index contributed by atoms with van der Waals surface area (Å²) in [4.78, 5) is 0. The molecule has 68 valence electrons. The smallest absolute Gasteiger partial charge is 0.0440 e. The third-order valence-electron chi connectivity index (χ3n) is 1.97. The van der Waals surface area contributed by atoms with Crippen LogP contribution in [0.1, 0.15) is 11.1 Å². The molecule has 1 aromatic rings. The van der Waals surface area contributed by atoms with Crippen molar-refractivity contribution in [2.45, 2.75) is 6.92 Å². The predicted octanol–water partition coefficient (Wildman–Crippen LogP) is 3.24. The molecule has 0 heterocycles. The van der Waals surface area contributed by atoms with Crippen molar-refractivity contribution < 1.29 is 0 Å². The van der Waals surface area contributed by atoms with Gasteiger partial charge in [-0.15, -0.1) is 0 Å². The maximum atomic E-state index is 3.65. The van der Waals surface area contributed by atoms with E-state index in [0.717, 1.165) is 0 Å². The Labute approximate surface area is 79.8 Å². The molecule has 0 aliphatic heterocycles. The molecule has 0 saturated heterocycles. The number of hydrogen-bond acceptors (Lipinski definition) is 1. The SMILES string of the molecule is C=C/C=C\c1cccc(C)c1NC. The van der Waals surface area contributed by atoms with E-state index in [1.807, 2.05) is 19.2 Å². The van der Waals surface area contributed by atoms with Gasteiger partial charge in [-0.1, -0.05) is 43.0 Å². The minimum absolute atomic E-state index is 1.18. The van der Waals surface area contributed by atoms with Crippen LogP contribution in [-0.2, 0) is 0 Å². The van der Waals surface area contributed by atoms with Crippen molar-refractivity contribution in [1.29, 1.82) is 0 Å². The molecule has 1 nitrogen and oxygen atoms in total. The second kappa shape index (κ2) is 4.51. The van der Waals surface area contributed by atoms with Crippen molar-refractivity contribution in [2.24, 2.45) is 0 Å². The Kier molecular flexibility index (Phi) is 3.32. The van der Waals surface area contributed by atoms with E-state index in [4.69, 9.17) is 0 Å². The second-order valence-electron chi connectivity index (χ2n) is 2.88. The number of nitrogens with one attached hydrogen (secondary N) is 1. The van der Waals surface area contributed by atoms with Gasteiger partial charge in [0.25, 0.3) is 0 Å². The van der Waals surface area contributed by atoms with Gasteiger partial charge in [0, 0.05) is 12.7 Å². The van der Waals surface area contributed by atoms with Gasteiger partial charge in [-0.2, -0.15) is 0 Å². The van der Waals surface area contributed by atoms with Crippen molar-refractivity contribution >= 4 is 11.8 Å². The lowest BCUT2D eigenvalue weighted by atomic mass is 10.1. The topological polar surface area (TPSA) is 12.0 Å². The van der Waals surface area contributed by atoms with Crippen LogP contribution in [0.15, 0.2) is 36.9 Å². The minimum Gasteiger partial charge on any atom is -0.387 e. The highest BCUT2D eigenvalue weighted by atomic mass is 14.8.